The molecule has 0 bridgehead atoms. The van der Waals surface area contributed by atoms with Crippen LogP contribution in [0, 0.1) is 0 Å². The highest BCUT2D eigenvalue weighted by Gasteiger charge is 2.29. The number of thiophene rings is 2. The highest BCUT2D eigenvalue weighted by atomic mass is 35.5. The molecule has 4 aromatic carbocycles. The van der Waals surface area contributed by atoms with Crippen molar-refractivity contribution in [3.8, 4) is 34.0 Å². The van der Waals surface area contributed by atoms with E-state index in [4.69, 9.17) is 42.1 Å². The van der Waals surface area contributed by atoms with Crippen molar-refractivity contribution in [3.63, 3.8) is 0 Å². The number of rotatable bonds is 18. The predicted molar refractivity (Wildman–Crippen MR) is 261 cm³/mol. The summed E-state index contributed by atoms with van der Waals surface area (Å²) in [4.78, 5) is 36.6. The van der Waals surface area contributed by atoms with Gasteiger partial charge >= 0.3 is 11.9 Å². The third-order valence-electron chi connectivity index (χ3n) is 9.23. The highest BCUT2D eigenvalue weighted by molar-refractivity contribution is 7.40. The first-order valence-corrected chi connectivity index (χ1v) is 23.8. The zero-order valence-electron chi connectivity index (χ0n) is 34.0. The Kier molecular flexibility index (Phi) is 14.6. The number of hydrazone groups is 2. The van der Waals surface area contributed by atoms with E-state index < -0.39 is 11.9 Å². The lowest BCUT2D eigenvalue weighted by molar-refractivity contribution is 0.0520. The topological polar surface area (TPSA) is 146 Å². The van der Waals surface area contributed by atoms with E-state index in [1.54, 1.807) is 26.3 Å². The van der Waals surface area contributed by atoms with Crippen LogP contribution in [0.3, 0.4) is 0 Å². The molecule has 64 heavy (non-hydrogen) atoms. The molecule has 4 aromatic heterocycles. The summed E-state index contributed by atoms with van der Waals surface area (Å²) < 4.78 is 24.2. The molecule has 0 amide bonds. The second-order valence-corrected chi connectivity index (χ2v) is 18.4. The Balaban J connectivity index is 0.945. The average molecular weight is 968 g/mol. The normalized spacial score (nSPS) is 11.4. The third-order valence-corrected chi connectivity index (χ3v) is 13.7. The summed E-state index contributed by atoms with van der Waals surface area (Å²) in [5.74, 6) is 0.196. The van der Waals surface area contributed by atoms with E-state index in [9.17, 15) is 9.59 Å². The van der Waals surface area contributed by atoms with Crippen LogP contribution in [-0.2, 0) is 22.7 Å². The Hall–Kier alpha value is -6.14. The fraction of sp³-hybridized carbons (Fsp3) is 0.130. The molecule has 0 aliphatic carbocycles. The first-order valence-electron chi connectivity index (χ1n) is 19.6. The van der Waals surface area contributed by atoms with Gasteiger partial charge in [-0.1, -0.05) is 47.5 Å². The molecule has 2 N–H and O–H groups in total. The molecule has 0 atom stereocenters. The Morgan fingerprint density at radius 2 is 1.02 bits per heavy atom. The number of hydrogen-bond donors (Lipinski definition) is 2. The van der Waals surface area contributed by atoms with Gasteiger partial charge in [0.05, 0.1) is 41.0 Å². The van der Waals surface area contributed by atoms with Crippen LogP contribution in [0.2, 0.25) is 10.0 Å². The number of anilines is 2. The Morgan fingerprint density at radius 1 is 0.609 bits per heavy atom. The Morgan fingerprint density at radius 3 is 1.41 bits per heavy atom. The van der Waals surface area contributed by atoms with E-state index >= 15 is 0 Å². The van der Waals surface area contributed by atoms with Crippen LogP contribution in [0.15, 0.2) is 118 Å². The predicted octanol–water partition coefficient (Wildman–Crippen LogP) is 12.9. The number of carbonyl (C=O) groups excluding carboxylic acids is 2. The van der Waals surface area contributed by atoms with Crippen LogP contribution in [-0.4, -0.2) is 47.5 Å². The first-order chi connectivity index (χ1) is 31.2. The maximum Gasteiger partial charge on any atom is 0.348 e. The van der Waals surface area contributed by atoms with Gasteiger partial charge in [-0.2, -0.15) is 10.2 Å². The quantitative estimate of drug-likeness (QED) is 0.0484. The summed E-state index contributed by atoms with van der Waals surface area (Å²) in [6.45, 7) is 3.97. The van der Waals surface area contributed by atoms with Crippen LogP contribution in [0.4, 0.5) is 10.3 Å². The molecule has 0 aliphatic heterocycles. The maximum absolute atomic E-state index is 13.3. The number of nitrogens with zero attached hydrogens (tertiary/aromatic N) is 4. The van der Waals surface area contributed by atoms with Crippen molar-refractivity contribution in [1.82, 2.24) is 9.97 Å². The van der Waals surface area contributed by atoms with Crippen LogP contribution in [0.5, 0.6) is 11.5 Å². The fourth-order valence-electron chi connectivity index (χ4n) is 6.18. The van der Waals surface area contributed by atoms with Crippen LogP contribution in [0.25, 0.3) is 31.9 Å². The van der Waals surface area contributed by atoms with E-state index in [0.29, 0.717) is 58.1 Å². The van der Waals surface area contributed by atoms with Gasteiger partial charge in [0.15, 0.2) is 0 Å². The smallest absolute Gasteiger partial charge is 0.348 e. The molecular weight excluding hydrogens is 932 g/mol. The summed E-state index contributed by atoms with van der Waals surface area (Å²) in [5, 5.41) is 15.9. The van der Waals surface area contributed by atoms with Crippen molar-refractivity contribution in [2.75, 3.05) is 24.1 Å². The SMILES string of the molecule is CCOC(=O)c1sc2sc(C(=O)OCC)c(COc3ccc(/C=N/Nc4nc(-c5ccc(Cl)cc5)cs4)cc3)c2c1COc1ccc(/C=N/Nc2nc(-c3ccc(Cl)cc3)cs2)cc1. The number of hydrogen-bond acceptors (Lipinski definition) is 16. The maximum atomic E-state index is 13.3. The lowest BCUT2D eigenvalue weighted by atomic mass is 10.1. The number of carbonyl (C=O) groups is 2. The molecule has 8 rings (SSSR count). The molecule has 4 heterocycles. The summed E-state index contributed by atoms with van der Waals surface area (Å²) in [5.41, 5.74) is 12.4. The lowest BCUT2D eigenvalue weighted by Gasteiger charge is -2.11. The molecule has 8 aromatic rings. The minimum Gasteiger partial charge on any atom is -0.489 e. The zero-order valence-corrected chi connectivity index (χ0v) is 38.8. The van der Waals surface area contributed by atoms with Gasteiger partial charge in [0.1, 0.15) is 34.5 Å². The third kappa shape index (κ3) is 11.0. The van der Waals surface area contributed by atoms with Crippen LogP contribution < -0.4 is 20.3 Å². The molecule has 0 saturated carbocycles. The standard InChI is InChI=1S/C46H36Cl2N6O6S4/c1-3-57-42(55)40-35(23-59-33-17-5-27(6-18-33)21-49-53-45-51-37(25-61-45)29-9-13-31(47)14-10-29)39-36(41(43(56)58-4-2)64-44(39)63-40)24-60-34-19-7-28(8-20-34)22-50-54-46-52-38(26-62-46)30-11-15-32(48)16-12-30/h5-22,25-26H,3-4,23-24H2,1-2H3,(H,51,53)(H,52,54)/b49-21+,50-22+. The zero-order chi connectivity index (χ0) is 44.4. The number of benzene rings is 4. The van der Waals surface area contributed by atoms with Crippen molar-refractivity contribution in [2.45, 2.75) is 27.1 Å². The minimum absolute atomic E-state index is 0.0284. The largest absolute Gasteiger partial charge is 0.489 e. The Labute approximate surface area is 393 Å². The van der Waals surface area contributed by atoms with E-state index in [2.05, 4.69) is 31.0 Å². The highest BCUT2D eigenvalue weighted by Crippen LogP contribution is 2.43. The number of nitrogens with one attached hydrogen (secondary N) is 2. The van der Waals surface area contributed by atoms with Gasteiger partial charge < -0.3 is 18.9 Å². The summed E-state index contributed by atoms with van der Waals surface area (Å²) >= 11 is 17.4. The molecule has 0 saturated heterocycles. The van der Waals surface area contributed by atoms with Crippen molar-refractivity contribution in [3.05, 3.63) is 150 Å². The van der Waals surface area contributed by atoms with Gasteiger partial charge in [-0.05, 0) is 97.8 Å². The number of fused-ring (bicyclic) bond motifs is 1. The molecular formula is C46H36Cl2N6O6S4. The molecule has 18 heteroatoms. The van der Waals surface area contributed by atoms with Crippen molar-refractivity contribution >= 4 is 113 Å². The monoisotopic (exact) mass is 966 g/mol. The Bertz CT molecular complexity index is 2730. The molecule has 12 nitrogen and oxygen atoms in total. The lowest BCUT2D eigenvalue weighted by Crippen LogP contribution is -2.10. The van der Waals surface area contributed by atoms with Gasteiger partial charge in [0.2, 0.25) is 10.3 Å². The van der Waals surface area contributed by atoms with E-state index in [0.717, 1.165) is 37.7 Å². The number of ether oxygens (including phenoxy) is 4. The molecule has 0 radical (unpaired) electrons. The van der Waals surface area contributed by atoms with Crippen molar-refractivity contribution in [1.29, 1.82) is 0 Å². The molecule has 0 aliphatic rings. The number of aromatic nitrogens is 2. The second-order valence-electron chi connectivity index (χ2n) is 13.5. The number of thiazole rings is 2. The number of esters is 2. The van der Waals surface area contributed by atoms with Gasteiger partial charge in [0.25, 0.3) is 0 Å². The van der Waals surface area contributed by atoms with Gasteiger partial charge in [-0.15, -0.1) is 45.3 Å². The van der Waals surface area contributed by atoms with Crippen molar-refractivity contribution in [2.24, 2.45) is 10.2 Å². The summed E-state index contributed by atoms with van der Waals surface area (Å²) in [7, 11) is 0. The van der Waals surface area contributed by atoms with E-state index in [1.165, 1.54) is 45.3 Å². The molecule has 0 spiro atoms. The van der Waals surface area contributed by atoms with E-state index in [1.807, 2.05) is 108 Å². The fourth-order valence-corrected chi connectivity index (χ4v) is 10.4. The second kappa shape index (κ2) is 21.0. The summed E-state index contributed by atoms with van der Waals surface area (Å²) in [6, 6.07) is 29.8. The summed E-state index contributed by atoms with van der Waals surface area (Å²) in [6.07, 6.45) is 3.37. The van der Waals surface area contributed by atoms with Gasteiger partial charge in [0, 0.05) is 48.4 Å². The van der Waals surface area contributed by atoms with E-state index in [-0.39, 0.29) is 26.4 Å². The average Bonchev–Trinajstić information content (AvgIpc) is 4.12. The minimum atomic E-state index is -0.470. The molecule has 324 valence electrons. The van der Waals surface area contributed by atoms with Crippen molar-refractivity contribution < 1.29 is 28.5 Å². The first kappa shape index (κ1) is 44.5. The molecule has 0 unspecified atom stereocenters. The van der Waals surface area contributed by atoms with Crippen LogP contribution >= 0.6 is 68.5 Å². The van der Waals surface area contributed by atoms with Gasteiger partial charge in [-0.3, -0.25) is 10.9 Å². The molecule has 0 fully saturated rings. The number of halogens is 2. The van der Waals surface area contributed by atoms with Crippen LogP contribution in [0.1, 0.15) is 55.4 Å². The van der Waals surface area contributed by atoms with Gasteiger partial charge in [-0.25, -0.2) is 19.6 Å².